The molecule has 3 N–H and O–H groups in total. The van der Waals surface area contributed by atoms with E-state index in [0.717, 1.165) is 35.1 Å². The number of aliphatic carboxylic acids is 1. The molecule has 2 aromatic carbocycles. The van der Waals surface area contributed by atoms with Crippen LogP contribution in [0.25, 0.3) is 11.1 Å². The average Bonchev–Trinajstić information content (AvgIpc) is 3.17. The summed E-state index contributed by atoms with van der Waals surface area (Å²) in [5.41, 5.74) is 3.60. The molecule has 35 heavy (non-hydrogen) atoms. The van der Waals surface area contributed by atoms with Crippen molar-refractivity contribution in [3.05, 3.63) is 59.7 Å². The minimum atomic E-state index is -1.17. The van der Waals surface area contributed by atoms with Crippen LogP contribution in [0.1, 0.15) is 49.7 Å². The molecule has 4 rings (SSSR count). The Kier molecular flexibility index (Phi) is 7.40. The summed E-state index contributed by atoms with van der Waals surface area (Å²) < 4.78 is 10.6. The van der Waals surface area contributed by atoms with Gasteiger partial charge in [-0.1, -0.05) is 61.4 Å². The lowest BCUT2D eigenvalue weighted by Crippen LogP contribution is -2.58. The van der Waals surface area contributed by atoms with Crippen LogP contribution in [0.5, 0.6) is 0 Å². The van der Waals surface area contributed by atoms with Crippen LogP contribution in [0.3, 0.4) is 0 Å². The molecule has 2 amide bonds. The summed E-state index contributed by atoms with van der Waals surface area (Å²) in [6, 6.07) is 14.6. The molecule has 1 fully saturated rings. The SMILES string of the molecule is COCC(NC(=O)C1(C)CCCCC1NC(=O)OCC1c2ccccc2-c2ccccc21)C(=O)O. The van der Waals surface area contributed by atoms with Crippen LogP contribution in [-0.2, 0) is 19.1 Å². The first kappa shape index (κ1) is 24.7. The van der Waals surface area contributed by atoms with E-state index in [1.54, 1.807) is 6.92 Å². The number of hydrogen-bond acceptors (Lipinski definition) is 5. The van der Waals surface area contributed by atoms with Crippen molar-refractivity contribution in [2.24, 2.45) is 5.41 Å². The summed E-state index contributed by atoms with van der Waals surface area (Å²) >= 11 is 0. The Bertz CT molecular complexity index is 1060. The molecule has 0 spiro atoms. The zero-order valence-corrected chi connectivity index (χ0v) is 20.1. The molecular formula is C27H32N2O6. The van der Waals surface area contributed by atoms with E-state index in [1.807, 2.05) is 24.3 Å². The lowest BCUT2D eigenvalue weighted by Gasteiger charge is -2.40. The molecule has 0 heterocycles. The number of carbonyl (C=O) groups excluding carboxylic acids is 2. The second kappa shape index (κ2) is 10.5. The molecule has 3 unspecified atom stereocenters. The van der Waals surface area contributed by atoms with Crippen molar-refractivity contribution in [1.29, 1.82) is 0 Å². The number of benzene rings is 2. The number of nitrogens with one attached hydrogen (secondary N) is 2. The van der Waals surface area contributed by atoms with Crippen molar-refractivity contribution in [3.8, 4) is 11.1 Å². The van der Waals surface area contributed by atoms with E-state index in [-0.39, 0.29) is 19.1 Å². The number of hydrogen-bond donors (Lipinski definition) is 3. The number of alkyl carbamates (subject to hydrolysis) is 1. The van der Waals surface area contributed by atoms with Gasteiger partial charge in [0.2, 0.25) is 5.91 Å². The quantitative estimate of drug-likeness (QED) is 0.531. The normalized spacial score (nSPS) is 21.9. The second-order valence-corrected chi connectivity index (χ2v) is 9.51. The van der Waals surface area contributed by atoms with Gasteiger partial charge in [-0.15, -0.1) is 0 Å². The van der Waals surface area contributed by atoms with Crippen LogP contribution < -0.4 is 10.6 Å². The fraction of sp³-hybridized carbons (Fsp3) is 0.444. The molecule has 0 aromatic heterocycles. The Morgan fingerprint density at radius 3 is 2.29 bits per heavy atom. The maximum absolute atomic E-state index is 13.1. The van der Waals surface area contributed by atoms with Gasteiger partial charge in [0.15, 0.2) is 6.04 Å². The molecule has 8 heteroatoms. The Hall–Kier alpha value is -3.39. The number of carboxylic acids is 1. The van der Waals surface area contributed by atoms with Gasteiger partial charge in [0.25, 0.3) is 0 Å². The molecule has 0 aliphatic heterocycles. The van der Waals surface area contributed by atoms with Gasteiger partial charge in [-0.2, -0.15) is 0 Å². The van der Waals surface area contributed by atoms with Gasteiger partial charge in [-0.3, -0.25) is 4.79 Å². The minimum absolute atomic E-state index is 0.0560. The number of ether oxygens (including phenoxy) is 2. The highest BCUT2D eigenvalue weighted by Gasteiger charge is 2.45. The summed E-state index contributed by atoms with van der Waals surface area (Å²) in [6.07, 6.45) is 2.24. The standard InChI is InChI=1S/C27H32N2O6/c1-27(25(32)28-22(16-34-2)24(30)31)14-8-7-13-23(27)29-26(33)35-15-21-19-11-5-3-9-17(19)18-10-4-6-12-20(18)21/h3-6,9-12,21-23H,7-8,13-16H2,1-2H3,(H,28,32)(H,29,33)(H,30,31). The fourth-order valence-corrected chi connectivity index (χ4v) is 5.28. The Morgan fingerprint density at radius 1 is 1.06 bits per heavy atom. The van der Waals surface area contributed by atoms with Crippen molar-refractivity contribution in [2.45, 2.75) is 50.6 Å². The van der Waals surface area contributed by atoms with Crippen LogP contribution in [0.2, 0.25) is 0 Å². The smallest absolute Gasteiger partial charge is 0.407 e. The third-order valence-electron chi connectivity index (χ3n) is 7.30. The van der Waals surface area contributed by atoms with Crippen LogP contribution in [-0.4, -0.2) is 55.5 Å². The zero-order valence-electron chi connectivity index (χ0n) is 20.1. The first-order chi connectivity index (χ1) is 16.8. The molecular weight excluding hydrogens is 448 g/mol. The number of carbonyl (C=O) groups is 3. The molecule has 0 radical (unpaired) electrons. The lowest BCUT2D eigenvalue weighted by molar-refractivity contribution is -0.146. The van der Waals surface area contributed by atoms with Gasteiger partial charge in [0.05, 0.1) is 12.0 Å². The van der Waals surface area contributed by atoms with Crippen molar-refractivity contribution in [3.63, 3.8) is 0 Å². The third-order valence-corrected chi connectivity index (χ3v) is 7.30. The van der Waals surface area contributed by atoms with E-state index >= 15 is 0 Å². The minimum Gasteiger partial charge on any atom is -0.480 e. The summed E-state index contributed by atoms with van der Waals surface area (Å²) in [6.45, 7) is 1.81. The van der Waals surface area contributed by atoms with Gasteiger partial charge < -0.3 is 25.2 Å². The highest BCUT2D eigenvalue weighted by Crippen LogP contribution is 2.44. The van der Waals surface area contributed by atoms with E-state index in [0.29, 0.717) is 12.8 Å². The predicted molar refractivity (Wildman–Crippen MR) is 130 cm³/mol. The van der Waals surface area contributed by atoms with E-state index in [9.17, 15) is 19.5 Å². The number of methoxy groups -OCH3 is 1. The van der Waals surface area contributed by atoms with Crippen LogP contribution in [0.15, 0.2) is 48.5 Å². The van der Waals surface area contributed by atoms with Crippen molar-refractivity contribution in [1.82, 2.24) is 10.6 Å². The first-order valence-corrected chi connectivity index (χ1v) is 12.0. The Labute approximate surface area is 205 Å². The summed E-state index contributed by atoms with van der Waals surface area (Å²) in [7, 11) is 1.38. The van der Waals surface area contributed by atoms with Crippen LogP contribution in [0.4, 0.5) is 4.79 Å². The molecule has 0 bridgehead atoms. The largest absolute Gasteiger partial charge is 0.480 e. The Balaban J connectivity index is 1.42. The van der Waals surface area contributed by atoms with Gasteiger partial charge in [-0.25, -0.2) is 9.59 Å². The van der Waals surface area contributed by atoms with E-state index in [4.69, 9.17) is 9.47 Å². The zero-order chi connectivity index (χ0) is 25.0. The maximum atomic E-state index is 13.1. The monoisotopic (exact) mass is 480 g/mol. The van der Waals surface area contributed by atoms with Crippen molar-refractivity contribution >= 4 is 18.0 Å². The molecule has 0 saturated heterocycles. The summed E-state index contributed by atoms with van der Waals surface area (Å²) in [4.78, 5) is 37.5. The van der Waals surface area contributed by atoms with Crippen molar-refractivity contribution in [2.75, 3.05) is 20.3 Å². The van der Waals surface area contributed by atoms with Crippen LogP contribution in [0, 0.1) is 5.41 Å². The second-order valence-electron chi connectivity index (χ2n) is 9.51. The number of carboxylic acid groups (broad SMARTS) is 1. The molecule has 2 aliphatic carbocycles. The average molecular weight is 481 g/mol. The van der Waals surface area contributed by atoms with E-state index in [2.05, 4.69) is 34.9 Å². The highest BCUT2D eigenvalue weighted by molar-refractivity contribution is 5.88. The molecule has 1 saturated carbocycles. The third kappa shape index (κ3) is 5.03. The van der Waals surface area contributed by atoms with E-state index in [1.165, 1.54) is 7.11 Å². The van der Waals surface area contributed by atoms with Gasteiger partial charge in [0.1, 0.15) is 6.61 Å². The summed E-state index contributed by atoms with van der Waals surface area (Å²) in [5.74, 6) is -1.63. The predicted octanol–water partition coefficient (Wildman–Crippen LogP) is 3.69. The topological polar surface area (TPSA) is 114 Å². The lowest BCUT2D eigenvalue weighted by atomic mass is 9.71. The van der Waals surface area contributed by atoms with Crippen LogP contribution >= 0.6 is 0 Å². The maximum Gasteiger partial charge on any atom is 0.407 e. The van der Waals surface area contributed by atoms with Crippen molar-refractivity contribution < 1.29 is 29.0 Å². The summed E-state index contributed by atoms with van der Waals surface area (Å²) in [5, 5.41) is 14.8. The fourth-order valence-electron chi connectivity index (χ4n) is 5.28. The molecule has 2 aliphatic rings. The van der Waals surface area contributed by atoms with Gasteiger partial charge in [-0.05, 0) is 42.0 Å². The number of amides is 2. The molecule has 186 valence electrons. The number of fused-ring (bicyclic) bond motifs is 3. The first-order valence-electron chi connectivity index (χ1n) is 12.0. The van der Waals surface area contributed by atoms with Gasteiger partial charge >= 0.3 is 12.1 Å². The molecule has 8 nitrogen and oxygen atoms in total. The molecule has 3 atom stereocenters. The highest BCUT2D eigenvalue weighted by atomic mass is 16.5. The Morgan fingerprint density at radius 2 is 1.69 bits per heavy atom. The van der Waals surface area contributed by atoms with E-state index < -0.39 is 35.5 Å². The number of rotatable bonds is 8. The molecule has 2 aromatic rings. The van der Waals surface area contributed by atoms with Gasteiger partial charge in [0, 0.05) is 19.1 Å².